The molecule has 1 fully saturated rings. The third kappa shape index (κ3) is 11.0. The molecule has 0 saturated heterocycles. The van der Waals surface area contributed by atoms with Gasteiger partial charge in [0.05, 0.1) is 77.3 Å². The molecule has 7 atom stereocenters. The molecule has 10 nitrogen and oxygen atoms in total. The Morgan fingerprint density at radius 2 is 1.45 bits per heavy atom. The van der Waals surface area contributed by atoms with E-state index in [0.29, 0.717) is 25.9 Å². The van der Waals surface area contributed by atoms with E-state index in [9.17, 15) is 30.6 Å². The van der Waals surface area contributed by atoms with Crippen molar-refractivity contribution in [3.8, 4) is 0 Å². The van der Waals surface area contributed by atoms with Gasteiger partial charge in [-0.25, -0.2) is 0 Å². The lowest BCUT2D eigenvalue weighted by atomic mass is 9.92. The van der Waals surface area contributed by atoms with E-state index in [-0.39, 0.29) is 45.7 Å². The minimum atomic E-state index is -1.26. The average Bonchev–Trinajstić information content (AvgIpc) is 2.71. The highest BCUT2D eigenvalue weighted by Crippen LogP contribution is 2.23. The fourth-order valence-electron chi connectivity index (χ4n) is 2.62. The lowest BCUT2D eigenvalue weighted by molar-refractivity contribution is -0.142. The smallest absolute Gasteiger partial charge is 0.104 e. The highest BCUT2D eigenvalue weighted by atomic mass is 16.5. The molecule has 0 aromatic carbocycles. The summed E-state index contributed by atoms with van der Waals surface area (Å²) >= 11 is 0. The normalized spacial score (nSPS) is 24.5. The molecule has 1 saturated carbocycles. The number of aliphatic hydroxyl groups excluding tert-OH is 6. The van der Waals surface area contributed by atoms with E-state index in [0.717, 1.165) is 0 Å². The van der Waals surface area contributed by atoms with Crippen molar-refractivity contribution >= 4 is 0 Å². The Hall–Kier alpha value is -0.400. The van der Waals surface area contributed by atoms with Crippen molar-refractivity contribution < 1.29 is 49.6 Å². The average molecular weight is 427 g/mol. The molecule has 174 valence electrons. The zero-order valence-electron chi connectivity index (χ0n) is 17.1. The zero-order chi connectivity index (χ0) is 21.6. The van der Waals surface area contributed by atoms with Crippen molar-refractivity contribution in [1.29, 1.82) is 0 Å². The Balaban J connectivity index is 2.09. The molecule has 0 bridgehead atoms. The van der Waals surface area contributed by atoms with Crippen LogP contribution in [-0.2, 0) is 18.9 Å². The lowest BCUT2D eigenvalue weighted by Crippen LogP contribution is -2.45. The van der Waals surface area contributed by atoms with Gasteiger partial charge >= 0.3 is 0 Å². The van der Waals surface area contributed by atoms with E-state index in [1.165, 1.54) is 0 Å². The molecule has 0 amide bonds. The van der Waals surface area contributed by atoms with Gasteiger partial charge in [0.15, 0.2) is 0 Å². The summed E-state index contributed by atoms with van der Waals surface area (Å²) in [5.41, 5.74) is 0. The molecule has 7 unspecified atom stereocenters. The number of ether oxygens (including phenoxy) is 4. The van der Waals surface area contributed by atoms with Crippen LogP contribution in [-0.4, -0.2) is 120 Å². The first-order chi connectivity index (χ1) is 13.9. The zero-order valence-corrected chi connectivity index (χ0v) is 17.1. The van der Waals surface area contributed by atoms with E-state index < -0.39 is 43.0 Å². The van der Waals surface area contributed by atoms with Crippen LogP contribution in [0, 0.1) is 5.92 Å². The van der Waals surface area contributed by atoms with E-state index in [2.05, 4.69) is 0 Å². The fraction of sp³-hybridized carbons (Fsp3) is 1.00. The molecule has 0 aromatic heterocycles. The Morgan fingerprint density at radius 3 is 1.97 bits per heavy atom. The van der Waals surface area contributed by atoms with Crippen LogP contribution >= 0.6 is 0 Å². The van der Waals surface area contributed by atoms with Gasteiger partial charge in [0.2, 0.25) is 0 Å². The number of rotatable bonds is 18. The first-order valence-corrected chi connectivity index (χ1v) is 10.2. The lowest BCUT2D eigenvalue weighted by Gasteiger charge is -2.34. The second-order valence-electron chi connectivity index (χ2n) is 7.42. The quantitative estimate of drug-likeness (QED) is 0.136. The van der Waals surface area contributed by atoms with Gasteiger partial charge in [-0.2, -0.15) is 0 Å². The molecule has 29 heavy (non-hydrogen) atoms. The Bertz CT molecular complexity index is 399. The summed E-state index contributed by atoms with van der Waals surface area (Å²) in [5, 5.41) is 58.1. The second kappa shape index (κ2) is 15.4. The maximum absolute atomic E-state index is 10.1. The number of aliphatic hydroxyl groups is 6. The van der Waals surface area contributed by atoms with Crippen molar-refractivity contribution in [2.45, 2.75) is 62.8 Å². The Labute approximate surface area is 172 Å². The Morgan fingerprint density at radius 1 is 0.828 bits per heavy atom. The molecular weight excluding hydrogens is 388 g/mol. The maximum Gasteiger partial charge on any atom is 0.104 e. The summed E-state index contributed by atoms with van der Waals surface area (Å²) in [6, 6.07) is 0. The fourth-order valence-corrected chi connectivity index (χ4v) is 2.62. The molecule has 0 radical (unpaired) electrons. The molecule has 0 spiro atoms. The van der Waals surface area contributed by atoms with Crippen LogP contribution in [0.1, 0.15) is 26.2 Å². The van der Waals surface area contributed by atoms with Crippen molar-refractivity contribution in [3.05, 3.63) is 0 Å². The van der Waals surface area contributed by atoms with Gasteiger partial charge in [-0.15, -0.1) is 0 Å². The standard InChI is InChI=1S/C19H38O10/c1-2-14(21)9-26-5-6-27-10-15(22)11-28-8-13(7-20)19(25)17(24)12-29-18-4-3-16(18)23/h13-25H,2-12H2,1H3. The summed E-state index contributed by atoms with van der Waals surface area (Å²) in [6.07, 6.45) is -2.72. The number of hydrogen-bond acceptors (Lipinski definition) is 10. The van der Waals surface area contributed by atoms with Gasteiger partial charge in [0.25, 0.3) is 0 Å². The third-order valence-corrected chi connectivity index (χ3v) is 4.87. The topological polar surface area (TPSA) is 158 Å². The monoisotopic (exact) mass is 426 g/mol. The molecule has 0 aromatic rings. The predicted molar refractivity (Wildman–Crippen MR) is 102 cm³/mol. The highest BCUT2D eigenvalue weighted by Gasteiger charge is 2.32. The van der Waals surface area contributed by atoms with E-state index in [4.69, 9.17) is 18.9 Å². The van der Waals surface area contributed by atoms with Gasteiger partial charge in [-0.05, 0) is 19.3 Å². The van der Waals surface area contributed by atoms with Crippen molar-refractivity contribution in [3.63, 3.8) is 0 Å². The van der Waals surface area contributed by atoms with Gasteiger partial charge < -0.3 is 49.6 Å². The van der Waals surface area contributed by atoms with E-state index in [1.807, 2.05) is 6.92 Å². The van der Waals surface area contributed by atoms with Crippen molar-refractivity contribution in [1.82, 2.24) is 0 Å². The molecule has 1 aliphatic carbocycles. The van der Waals surface area contributed by atoms with Crippen LogP contribution < -0.4 is 0 Å². The molecule has 6 N–H and O–H groups in total. The van der Waals surface area contributed by atoms with Gasteiger partial charge in [0, 0.05) is 5.92 Å². The summed E-state index contributed by atoms with van der Waals surface area (Å²) in [6.45, 7) is 2.05. The van der Waals surface area contributed by atoms with E-state index in [1.54, 1.807) is 0 Å². The SMILES string of the molecule is CCC(O)COCCOCC(O)COCC(CO)C(O)C(O)COC1CCC1O. The maximum atomic E-state index is 10.1. The summed E-state index contributed by atoms with van der Waals surface area (Å²) in [4.78, 5) is 0. The Kier molecular flexibility index (Phi) is 14.2. The van der Waals surface area contributed by atoms with Crippen LogP contribution in [0.5, 0.6) is 0 Å². The van der Waals surface area contributed by atoms with Crippen molar-refractivity contribution in [2.24, 2.45) is 5.92 Å². The molecule has 0 heterocycles. The predicted octanol–water partition coefficient (Wildman–Crippen LogP) is -1.96. The molecule has 1 rings (SSSR count). The van der Waals surface area contributed by atoms with Crippen LogP contribution in [0.25, 0.3) is 0 Å². The van der Waals surface area contributed by atoms with Gasteiger partial charge in [0.1, 0.15) is 12.2 Å². The van der Waals surface area contributed by atoms with Crippen LogP contribution in [0.2, 0.25) is 0 Å². The largest absolute Gasteiger partial charge is 0.396 e. The second-order valence-corrected chi connectivity index (χ2v) is 7.42. The van der Waals surface area contributed by atoms with Gasteiger partial charge in [-0.1, -0.05) is 6.92 Å². The molecule has 10 heteroatoms. The summed E-state index contributed by atoms with van der Waals surface area (Å²) < 4.78 is 21.1. The van der Waals surface area contributed by atoms with Gasteiger partial charge in [-0.3, -0.25) is 0 Å². The van der Waals surface area contributed by atoms with Crippen LogP contribution in [0.4, 0.5) is 0 Å². The minimum absolute atomic E-state index is 0.0339. The summed E-state index contributed by atoms with van der Waals surface area (Å²) in [5.74, 6) is -0.744. The minimum Gasteiger partial charge on any atom is -0.396 e. The highest BCUT2D eigenvalue weighted by molar-refractivity contribution is 4.82. The van der Waals surface area contributed by atoms with Crippen molar-refractivity contribution in [2.75, 3.05) is 52.9 Å². The third-order valence-electron chi connectivity index (χ3n) is 4.87. The summed E-state index contributed by atoms with van der Waals surface area (Å²) in [7, 11) is 0. The molecule has 1 aliphatic rings. The first-order valence-electron chi connectivity index (χ1n) is 10.2. The van der Waals surface area contributed by atoms with Crippen LogP contribution in [0.3, 0.4) is 0 Å². The van der Waals surface area contributed by atoms with Crippen LogP contribution in [0.15, 0.2) is 0 Å². The molecular formula is C19H38O10. The first kappa shape index (κ1) is 26.6. The molecule has 0 aliphatic heterocycles. The number of hydrogen-bond donors (Lipinski definition) is 6. The van der Waals surface area contributed by atoms with E-state index >= 15 is 0 Å².